The molecule has 10 rings (SSSR count). The normalized spacial score (nSPS) is 17.6. The van der Waals surface area contributed by atoms with Gasteiger partial charge in [-0.1, -0.05) is 6.07 Å². The molecule has 5 fully saturated rings. The van der Waals surface area contributed by atoms with Gasteiger partial charge in [0.15, 0.2) is 0 Å². The number of aliphatic hydroxyl groups is 2. The van der Waals surface area contributed by atoms with Crippen molar-refractivity contribution in [2.75, 3.05) is 188 Å². The number of morpholine rings is 1. The number of ether oxygens (including phenoxy) is 1. The van der Waals surface area contributed by atoms with Gasteiger partial charge in [-0.25, -0.2) is 18.4 Å². The number of benzene rings is 1. The van der Waals surface area contributed by atoms with Gasteiger partial charge >= 0.3 is 0 Å². The first kappa shape index (κ1) is 115. The molecule has 0 saturated carbocycles. The van der Waals surface area contributed by atoms with E-state index in [1.807, 2.05) is 85.6 Å². The Bertz CT molecular complexity index is 3790. The summed E-state index contributed by atoms with van der Waals surface area (Å²) in [6.45, 7) is 88.6. The van der Waals surface area contributed by atoms with Crippen molar-refractivity contribution in [2.45, 2.75) is 288 Å². The SMILES string of the molecule is CC(C)(C)N1CCN(CCC#N)CC1.CC(C)(C)N1CCN(S(C)(=O)=O)CC1.CC(C)(C)N1CCN(c2ncncc2CO)CC1.CC(C)(C)NCC(O)CN1CCOCC1.CC(C)(C)NCc1cccnc1.CC(C)(C)NCc1ccncc1.CC(C)(C)Nc1ccc(P(C)(C)=O)cc1.CC(NC(C)(C)C)c1ccncc1.CN1CCCN(C(C)(C)C)CC1. The van der Waals surface area contributed by atoms with E-state index >= 15 is 0 Å². The van der Waals surface area contributed by atoms with Gasteiger partial charge in [-0.3, -0.25) is 44.4 Å². The molecule has 0 bridgehead atoms. The van der Waals surface area contributed by atoms with E-state index in [4.69, 9.17) is 10.00 Å². The molecule has 7 N–H and O–H groups in total. The summed E-state index contributed by atoms with van der Waals surface area (Å²) in [5, 5.41) is 45.5. The number of rotatable bonds is 17. The fourth-order valence-electron chi connectivity index (χ4n) is 13.6. The van der Waals surface area contributed by atoms with Crippen molar-refractivity contribution in [2.24, 2.45) is 0 Å². The highest BCUT2D eigenvalue weighted by Crippen LogP contribution is 2.35. The fourth-order valence-corrected chi connectivity index (χ4v) is 15.3. The van der Waals surface area contributed by atoms with Crippen LogP contribution < -0.4 is 36.8 Å². The third-order valence-corrected chi connectivity index (χ3v) is 23.9. The molecule has 4 aromatic heterocycles. The maximum atomic E-state index is 11.8. The third kappa shape index (κ3) is 55.3. The van der Waals surface area contributed by atoms with E-state index in [2.05, 4.69) is 304 Å². The molecule has 9 heterocycles. The Morgan fingerprint density at radius 3 is 1.42 bits per heavy atom. The number of piperazine rings is 3. The summed E-state index contributed by atoms with van der Waals surface area (Å²) in [7, 11) is -2.89. The number of hydrogen-bond donors (Lipinski definition) is 7. The first-order chi connectivity index (χ1) is 57.6. The number of nitrogens with zero attached hydrogens (tertiary/aromatic N) is 15. The lowest BCUT2D eigenvalue weighted by molar-refractivity contribution is 0.0139. The highest BCUT2D eigenvalue weighted by molar-refractivity contribution is 7.88. The van der Waals surface area contributed by atoms with Gasteiger partial charge in [-0.05, 0) is 305 Å². The molecule has 0 spiro atoms. The van der Waals surface area contributed by atoms with Crippen LogP contribution in [0.15, 0.2) is 110 Å². The molecule has 26 nitrogen and oxygen atoms in total. The molecule has 5 aromatic rings. The van der Waals surface area contributed by atoms with Crippen molar-refractivity contribution in [3.63, 3.8) is 0 Å². The van der Waals surface area contributed by atoms with E-state index < -0.39 is 17.2 Å². The number of nitriles is 1. The van der Waals surface area contributed by atoms with E-state index in [9.17, 15) is 23.2 Å². The van der Waals surface area contributed by atoms with Crippen molar-refractivity contribution in [1.82, 2.24) is 84.8 Å². The number of β-amino-alcohol motifs (C(OH)–C–C–N with tert-alkyl or cyclic N) is 1. The molecule has 5 saturated heterocycles. The molecule has 125 heavy (non-hydrogen) atoms. The second kappa shape index (κ2) is 54.9. The first-order valence-corrected chi connectivity index (χ1v) is 50.0. The van der Waals surface area contributed by atoms with E-state index in [1.54, 1.807) is 36.4 Å². The summed E-state index contributed by atoms with van der Waals surface area (Å²) >= 11 is 0. The maximum absolute atomic E-state index is 11.8. The Kier molecular flexibility index (Phi) is 50.7. The van der Waals surface area contributed by atoms with Gasteiger partial charge in [0.25, 0.3) is 0 Å². The zero-order valence-electron chi connectivity index (χ0n) is 84.4. The first-order valence-electron chi connectivity index (χ1n) is 45.6. The Morgan fingerprint density at radius 2 is 0.984 bits per heavy atom. The Balaban J connectivity index is 0.000000478. The number of anilines is 2. The standard InChI is InChI=1S/C13H22N4O.C12H20NOP.C11H21N3.C11H24N2O2.C11H18N2.C10H22N2.2C10H16N2.C9H20N2O2S/c1-13(2,3)17-6-4-16(5-7-17)12-11(9-18)8-14-10-15-12;1-12(2,3)13-10-6-8-11(9-7-10)15(4,5)14;1-11(2,3)14-9-7-13(8-10-14)6-4-5-12;1-11(2,3)12-8-10(14)9-13-4-6-15-7-5-13;1-9(13-11(2,3)4)10-5-7-12-8-6-10;1-10(2,3)12-7-5-6-11(4)8-9-12;1-10(2,3)12-8-9-4-6-11-7-5-9;1-10(2,3)12-8-9-5-4-6-11-7-9;1-9(2,3)10-5-7-11(8-6-10)14(4,12)13/h8,10,18H,4-7,9H2,1-3H3;6-9,13H,1-5H3;4,6-10H2,1-3H3;10,12,14H,4-9H2,1-3H3;5-9,13H,1-4H3;5-9H2,1-4H3;2*4-7,12H,8H2,1-3H3;5-8H2,1-4H3. The van der Waals surface area contributed by atoms with Gasteiger partial charge in [-0.15, -0.1) is 0 Å². The van der Waals surface area contributed by atoms with Gasteiger partial charge in [0.05, 0.1) is 38.2 Å². The topological polar surface area (TPSA) is 278 Å². The largest absolute Gasteiger partial charge is 0.391 e. The number of nitrogens with one attached hydrogen (secondary N) is 5. The Morgan fingerprint density at radius 1 is 0.520 bits per heavy atom. The lowest BCUT2D eigenvalue weighted by atomic mass is 10.0. The van der Waals surface area contributed by atoms with Gasteiger partial charge in [-0.2, -0.15) is 9.57 Å². The van der Waals surface area contributed by atoms with Crippen LogP contribution in [-0.2, 0) is 39.0 Å². The monoisotopic (exact) mass is 1780 g/mol. The van der Waals surface area contributed by atoms with Crippen LogP contribution in [0.3, 0.4) is 0 Å². The van der Waals surface area contributed by atoms with Crippen molar-refractivity contribution < 1.29 is 27.9 Å². The van der Waals surface area contributed by atoms with E-state index in [0.29, 0.717) is 43.2 Å². The van der Waals surface area contributed by atoms with Crippen LogP contribution in [0.2, 0.25) is 0 Å². The molecule has 5 aliphatic rings. The lowest BCUT2D eigenvalue weighted by Gasteiger charge is -2.42. The molecule has 714 valence electrons. The van der Waals surface area contributed by atoms with Crippen molar-refractivity contribution in [1.29, 1.82) is 5.26 Å². The maximum Gasteiger partial charge on any atom is 0.211 e. The van der Waals surface area contributed by atoms with Crippen LogP contribution in [0.5, 0.6) is 0 Å². The summed E-state index contributed by atoms with van der Waals surface area (Å²) in [5.74, 6) is 0.876. The van der Waals surface area contributed by atoms with E-state index in [0.717, 1.165) is 140 Å². The average Bonchev–Trinajstić information content (AvgIpc) is 1.29. The predicted octanol–water partition coefficient (Wildman–Crippen LogP) is 13.7. The number of likely N-dealkylation sites (N-methyl/N-ethyl adjacent to an activating group) is 1. The summed E-state index contributed by atoms with van der Waals surface area (Å²) in [6.07, 6.45) is 17.2. The zero-order chi connectivity index (χ0) is 94.9. The summed E-state index contributed by atoms with van der Waals surface area (Å²) < 4.78 is 41.1. The van der Waals surface area contributed by atoms with Gasteiger partial charge in [0, 0.05) is 260 Å². The number of pyridine rings is 3. The molecule has 28 heteroatoms. The molecule has 0 amide bonds. The molecule has 0 radical (unpaired) electrons. The number of sulfonamides is 1. The fraction of sp³-hybridized carbons (Fsp3) is 0.732. The highest BCUT2D eigenvalue weighted by atomic mass is 32.2. The summed E-state index contributed by atoms with van der Waals surface area (Å²) in [4.78, 5) is 39.4. The van der Waals surface area contributed by atoms with E-state index in [-0.39, 0.29) is 51.5 Å². The average molecular weight is 1780 g/mol. The number of aromatic nitrogens is 5. The second-order valence-electron chi connectivity index (χ2n) is 43.0. The smallest absolute Gasteiger partial charge is 0.211 e. The highest BCUT2D eigenvalue weighted by Gasteiger charge is 2.32. The van der Waals surface area contributed by atoms with Crippen LogP contribution in [0.1, 0.15) is 235 Å². The summed E-state index contributed by atoms with van der Waals surface area (Å²) in [5.41, 5.74) is 7.32. The van der Waals surface area contributed by atoms with Crippen LogP contribution in [0.25, 0.3) is 0 Å². The summed E-state index contributed by atoms with van der Waals surface area (Å²) in [6, 6.07) is 22.6. The molecule has 5 aliphatic heterocycles. The molecule has 0 aliphatic carbocycles. The molecule has 2 unspecified atom stereocenters. The Hall–Kier alpha value is -5.58. The van der Waals surface area contributed by atoms with Crippen molar-refractivity contribution in [3.05, 3.63) is 133 Å². The minimum absolute atomic E-state index is 0.00431. The number of aliphatic hydroxyl groups excluding tert-OH is 2. The molecular formula is C97H179N20O6PS. The van der Waals surface area contributed by atoms with Gasteiger partial charge in [0.2, 0.25) is 10.0 Å². The van der Waals surface area contributed by atoms with Crippen LogP contribution >= 0.6 is 7.14 Å². The minimum Gasteiger partial charge on any atom is -0.391 e. The van der Waals surface area contributed by atoms with Crippen LogP contribution in [-0.4, -0.2) is 315 Å². The van der Waals surface area contributed by atoms with Crippen LogP contribution in [0, 0.1) is 11.3 Å². The number of hydrogen-bond acceptors (Lipinski definition) is 25. The third-order valence-electron chi connectivity index (χ3n) is 21.1. The van der Waals surface area contributed by atoms with Crippen molar-refractivity contribution in [3.8, 4) is 6.07 Å². The van der Waals surface area contributed by atoms with Gasteiger partial charge in [0.1, 0.15) is 19.3 Å². The predicted molar refractivity (Wildman–Crippen MR) is 528 cm³/mol. The Labute approximate surface area is 762 Å². The van der Waals surface area contributed by atoms with Crippen LogP contribution in [0.4, 0.5) is 11.5 Å². The molecular weight excluding hydrogens is 1600 g/mol. The minimum atomic E-state index is -2.99. The molecule has 2 atom stereocenters. The lowest BCUT2D eigenvalue weighted by Crippen LogP contribution is -2.54. The second-order valence-corrected chi connectivity index (χ2v) is 48.2. The van der Waals surface area contributed by atoms with E-state index in [1.165, 1.54) is 55.5 Å². The zero-order valence-corrected chi connectivity index (χ0v) is 86.1. The van der Waals surface area contributed by atoms with Gasteiger partial charge < -0.3 is 55.9 Å². The van der Waals surface area contributed by atoms with Crippen molar-refractivity contribution >= 4 is 34.0 Å². The quantitative estimate of drug-likeness (QED) is 0.0426. The molecule has 1 aromatic carbocycles.